The molecule has 4 rings (SSSR count). The molecule has 0 aliphatic heterocycles. The van der Waals surface area contributed by atoms with Gasteiger partial charge in [-0.3, -0.25) is 4.98 Å². The van der Waals surface area contributed by atoms with Gasteiger partial charge in [-0.25, -0.2) is 9.50 Å². The fourth-order valence-corrected chi connectivity index (χ4v) is 3.75. The Hall–Kier alpha value is -2.47. The van der Waals surface area contributed by atoms with Gasteiger partial charge in [0.1, 0.15) is 0 Å². The zero-order valence-corrected chi connectivity index (χ0v) is 15.3. The van der Waals surface area contributed by atoms with Crippen molar-refractivity contribution in [1.82, 2.24) is 19.6 Å². The molecule has 26 heavy (non-hydrogen) atoms. The first kappa shape index (κ1) is 17.0. The van der Waals surface area contributed by atoms with Crippen LogP contribution in [0.4, 0.5) is 5.95 Å². The lowest BCUT2D eigenvalue weighted by Crippen LogP contribution is -2.19. The monoisotopic (exact) mass is 351 g/mol. The van der Waals surface area contributed by atoms with Crippen LogP contribution in [-0.4, -0.2) is 36.8 Å². The van der Waals surface area contributed by atoms with Gasteiger partial charge in [0.05, 0.1) is 17.8 Å². The van der Waals surface area contributed by atoms with Crippen molar-refractivity contribution in [1.29, 1.82) is 0 Å². The summed E-state index contributed by atoms with van der Waals surface area (Å²) in [5, 5.41) is 17.9. The maximum absolute atomic E-state index is 9.86. The number of anilines is 1. The Kier molecular flexibility index (Phi) is 4.59. The highest BCUT2D eigenvalue weighted by Crippen LogP contribution is 2.37. The molecule has 136 valence electrons. The normalized spacial score (nSPS) is 20.6. The summed E-state index contributed by atoms with van der Waals surface area (Å²) in [7, 11) is 0. The van der Waals surface area contributed by atoms with Crippen molar-refractivity contribution in [2.24, 2.45) is 0 Å². The van der Waals surface area contributed by atoms with Crippen molar-refractivity contribution in [2.75, 3.05) is 5.32 Å². The second-order valence-corrected chi connectivity index (χ2v) is 7.41. The van der Waals surface area contributed by atoms with E-state index in [0.717, 1.165) is 42.3 Å². The van der Waals surface area contributed by atoms with Crippen LogP contribution in [0.15, 0.2) is 36.8 Å². The Morgan fingerprint density at radius 2 is 2.00 bits per heavy atom. The molecule has 0 bridgehead atoms. The second kappa shape index (κ2) is 7.03. The molecule has 0 unspecified atom stereocenters. The molecule has 0 amide bonds. The smallest absolute Gasteiger partial charge is 0.241 e. The highest BCUT2D eigenvalue weighted by atomic mass is 16.3. The summed E-state index contributed by atoms with van der Waals surface area (Å²) in [6, 6.07) is 6.51. The SMILES string of the molecule is CC(C)Nc1ncc2c(-c3cccnc3)cc([C@H]3CC[C@H](O)CC3)n2n1. The van der Waals surface area contributed by atoms with E-state index in [2.05, 4.69) is 41.3 Å². The van der Waals surface area contributed by atoms with Gasteiger partial charge in [-0.2, -0.15) is 0 Å². The van der Waals surface area contributed by atoms with Crippen LogP contribution in [-0.2, 0) is 0 Å². The van der Waals surface area contributed by atoms with Gasteiger partial charge >= 0.3 is 0 Å². The molecule has 1 aliphatic carbocycles. The lowest BCUT2D eigenvalue weighted by atomic mass is 9.85. The lowest BCUT2D eigenvalue weighted by Gasteiger charge is -2.25. The molecular formula is C20H25N5O. The van der Waals surface area contributed by atoms with Crippen molar-refractivity contribution in [3.63, 3.8) is 0 Å². The minimum Gasteiger partial charge on any atom is -0.393 e. The number of rotatable bonds is 4. The first-order valence-corrected chi connectivity index (χ1v) is 9.35. The summed E-state index contributed by atoms with van der Waals surface area (Å²) < 4.78 is 2.03. The molecule has 3 aromatic heterocycles. The second-order valence-electron chi connectivity index (χ2n) is 7.41. The van der Waals surface area contributed by atoms with Crippen LogP contribution < -0.4 is 5.32 Å². The van der Waals surface area contributed by atoms with Gasteiger partial charge in [0, 0.05) is 41.2 Å². The van der Waals surface area contributed by atoms with E-state index in [4.69, 9.17) is 5.10 Å². The van der Waals surface area contributed by atoms with Crippen molar-refractivity contribution in [3.8, 4) is 11.1 Å². The Labute approximate surface area is 153 Å². The van der Waals surface area contributed by atoms with Gasteiger partial charge in [0.2, 0.25) is 5.95 Å². The average Bonchev–Trinajstić information content (AvgIpc) is 3.01. The molecule has 0 radical (unpaired) electrons. The van der Waals surface area contributed by atoms with Crippen LogP contribution >= 0.6 is 0 Å². The summed E-state index contributed by atoms with van der Waals surface area (Å²) in [5.74, 6) is 1.04. The number of pyridine rings is 1. The third-order valence-electron chi connectivity index (χ3n) is 5.05. The number of aliphatic hydroxyl groups excluding tert-OH is 1. The number of nitrogens with zero attached hydrogens (tertiary/aromatic N) is 4. The highest BCUT2D eigenvalue weighted by Gasteiger charge is 2.25. The third-order valence-corrected chi connectivity index (χ3v) is 5.05. The standard InChI is InChI=1S/C20H25N5O/c1-13(2)23-20-22-12-19-17(15-4-3-9-21-11-15)10-18(25(19)24-20)14-5-7-16(26)8-6-14/h3-4,9-14,16,26H,5-8H2,1-2H3,(H,23,24)/t14-,16-. The summed E-state index contributed by atoms with van der Waals surface area (Å²) in [6.07, 6.45) is 9.05. The predicted octanol–water partition coefficient (Wildman–Crippen LogP) is 3.63. The number of hydrogen-bond acceptors (Lipinski definition) is 5. The molecule has 2 N–H and O–H groups in total. The number of fused-ring (bicyclic) bond motifs is 1. The fourth-order valence-electron chi connectivity index (χ4n) is 3.75. The number of aromatic nitrogens is 4. The van der Waals surface area contributed by atoms with Crippen LogP contribution in [0.1, 0.15) is 51.1 Å². The fraction of sp³-hybridized carbons (Fsp3) is 0.450. The van der Waals surface area contributed by atoms with Gasteiger partial charge < -0.3 is 10.4 Å². The molecule has 6 nitrogen and oxygen atoms in total. The van der Waals surface area contributed by atoms with Crippen LogP contribution in [0.25, 0.3) is 16.6 Å². The maximum atomic E-state index is 9.86. The van der Waals surface area contributed by atoms with Crippen LogP contribution in [0.2, 0.25) is 0 Å². The van der Waals surface area contributed by atoms with Crippen molar-refractivity contribution in [3.05, 3.63) is 42.5 Å². The summed E-state index contributed by atoms with van der Waals surface area (Å²) >= 11 is 0. The van der Waals surface area contributed by atoms with Crippen LogP contribution in [0.5, 0.6) is 0 Å². The van der Waals surface area contributed by atoms with Crippen molar-refractivity contribution < 1.29 is 5.11 Å². The molecule has 0 spiro atoms. The molecular weight excluding hydrogens is 326 g/mol. The van der Waals surface area contributed by atoms with E-state index in [1.165, 1.54) is 5.69 Å². The van der Waals surface area contributed by atoms with Gasteiger partial charge in [-0.05, 0) is 51.7 Å². The number of aliphatic hydroxyl groups is 1. The maximum Gasteiger partial charge on any atom is 0.241 e. The van der Waals surface area contributed by atoms with Crippen molar-refractivity contribution >= 4 is 11.5 Å². The largest absolute Gasteiger partial charge is 0.393 e. The van der Waals surface area contributed by atoms with E-state index in [1.807, 2.05) is 23.0 Å². The molecule has 1 saturated carbocycles. The van der Waals surface area contributed by atoms with E-state index in [9.17, 15) is 5.11 Å². The van der Waals surface area contributed by atoms with Gasteiger partial charge in [0.15, 0.2) is 0 Å². The minimum absolute atomic E-state index is 0.164. The Morgan fingerprint density at radius 1 is 1.19 bits per heavy atom. The zero-order chi connectivity index (χ0) is 18.1. The number of nitrogens with one attached hydrogen (secondary N) is 1. The quantitative estimate of drug-likeness (QED) is 0.751. The Balaban J connectivity index is 1.82. The summed E-state index contributed by atoms with van der Waals surface area (Å²) in [5.41, 5.74) is 4.36. The van der Waals surface area contributed by atoms with Gasteiger partial charge in [-0.15, -0.1) is 5.10 Å². The van der Waals surface area contributed by atoms with Gasteiger partial charge in [0.25, 0.3) is 0 Å². The van der Waals surface area contributed by atoms with E-state index in [-0.39, 0.29) is 12.1 Å². The number of hydrogen-bond donors (Lipinski definition) is 2. The highest BCUT2D eigenvalue weighted by molar-refractivity contribution is 5.81. The molecule has 0 aromatic carbocycles. The Bertz CT molecular complexity index is 882. The van der Waals surface area contributed by atoms with E-state index in [1.54, 1.807) is 6.20 Å². The lowest BCUT2D eigenvalue weighted by molar-refractivity contribution is 0.121. The Morgan fingerprint density at radius 3 is 2.69 bits per heavy atom. The molecule has 1 aliphatic rings. The molecule has 1 fully saturated rings. The summed E-state index contributed by atoms with van der Waals surface area (Å²) in [6.45, 7) is 4.15. The first-order chi connectivity index (χ1) is 12.6. The third kappa shape index (κ3) is 3.29. The van der Waals surface area contributed by atoms with E-state index >= 15 is 0 Å². The molecule has 6 heteroatoms. The minimum atomic E-state index is -0.164. The van der Waals surface area contributed by atoms with Crippen LogP contribution in [0.3, 0.4) is 0 Å². The predicted molar refractivity (Wildman–Crippen MR) is 102 cm³/mol. The first-order valence-electron chi connectivity index (χ1n) is 9.35. The zero-order valence-electron chi connectivity index (χ0n) is 15.3. The van der Waals surface area contributed by atoms with Gasteiger partial charge in [-0.1, -0.05) is 6.07 Å². The topological polar surface area (TPSA) is 75.3 Å². The summed E-state index contributed by atoms with van der Waals surface area (Å²) in [4.78, 5) is 8.76. The molecule has 0 saturated heterocycles. The van der Waals surface area contributed by atoms with Crippen LogP contribution in [0, 0.1) is 0 Å². The molecule has 3 heterocycles. The molecule has 3 aromatic rings. The average molecular weight is 351 g/mol. The molecule has 0 atom stereocenters. The van der Waals surface area contributed by atoms with Crippen molar-refractivity contribution in [2.45, 2.75) is 57.6 Å². The van der Waals surface area contributed by atoms with E-state index in [0.29, 0.717) is 11.9 Å². The van der Waals surface area contributed by atoms with E-state index < -0.39 is 0 Å².